The molecule has 2 nitrogen and oxygen atoms in total. The first kappa shape index (κ1) is 36.4. The number of nitrogens with zero attached hydrogens (tertiary/aromatic N) is 2. The van der Waals surface area contributed by atoms with Gasteiger partial charge in [-0.1, -0.05) is 125 Å². The molecule has 4 aromatic rings. The van der Waals surface area contributed by atoms with E-state index in [0.717, 1.165) is 25.7 Å². The maximum Gasteiger partial charge on any atom is 0.0623 e. The molecule has 53 heavy (non-hydrogen) atoms. The molecule has 0 fully saturated rings. The minimum absolute atomic E-state index is 0.0874. The number of anilines is 1. The van der Waals surface area contributed by atoms with E-state index in [4.69, 9.17) is 0 Å². The maximum absolute atomic E-state index is 4.39. The standard InChI is InChI=1S/C51H56N2/c1-9-28-52-29-27-37(10-2)18-16-19-38-32-44(43-25-23-40-31-41(51(6,7)8)30-35(4)48(40)50(43)36(38)5)39-24-26-46-45(33-39)49-34(3)17-14-15-22-47(49)53(46)42-20-12-11-13-21-42/h9-16,18,20-21,23-26,28-34,45-46H,17,19,22,27H2,1-8H3/b18-16-,28-9-,37-10+,52-29-. The monoisotopic (exact) mass is 696 g/mol. The van der Waals surface area contributed by atoms with Gasteiger partial charge in [0, 0.05) is 42.6 Å². The predicted molar refractivity (Wildman–Crippen MR) is 232 cm³/mol. The summed E-state index contributed by atoms with van der Waals surface area (Å²) in [6.07, 6.45) is 28.7. The number of benzene rings is 4. The summed E-state index contributed by atoms with van der Waals surface area (Å²) in [5.41, 5.74) is 13.9. The predicted octanol–water partition coefficient (Wildman–Crippen LogP) is 13.6. The fourth-order valence-electron chi connectivity index (χ4n) is 8.87. The van der Waals surface area contributed by atoms with Crippen LogP contribution in [0, 0.1) is 25.7 Å². The minimum atomic E-state index is 0.0874. The molecule has 0 saturated carbocycles. The highest BCUT2D eigenvalue weighted by atomic mass is 15.2. The number of hydrogen-bond donors (Lipinski definition) is 0. The second kappa shape index (κ2) is 15.2. The molecule has 270 valence electrons. The van der Waals surface area contributed by atoms with Gasteiger partial charge in [-0.25, -0.2) is 0 Å². The number of hydrogen-bond acceptors (Lipinski definition) is 2. The number of aliphatic imine (C=N–C) groups is 1. The van der Waals surface area contributed by atoms with Crippen molar-refractivity contribution in [1.82, 2.24) is 0 Å². The third-order valence-electron chi connectivity index (χ3n) is 11.7. The highest BCUT2D eigenvalue weighted by Gasteiger charge is 2.42. The van der Waals surface area contributed by atoms with Crippen LogP contribution < -0.4 is 4.90 Å². The molecule has 1 aliphatic heterocycles. The first-order valence-corrected chi connectivity index (χ1v) is 19.7. The molecule has 0 spiro atoms. The zero-order valence-electron chi connectivity index (χ0n) is 33.1. The molecule has 3 aliphatic rings. The van der Waals surface area contributed by atoms with Gasteiger partial charge in [-0.05, 0) is 136 Å². The highest BCUT2D eigenvalue weighted by Crippen LogP contribution is 2.49. The van der Waals surface area contributed by atoms with Crippen LogP contribution in [0.5, 0.6) is 0 Å². The van der Waals surface area contributed by atoms with Gasteiger partial charge in [0.05, 0.1) is 6.04 Å². The Morgan fingerprint density at radius 1 is 0.962 bits per heavy atom. The zero-order valence-corrected chi connectivity index (χ0v) is 33.1. The van der Waals surface area contributed by atoms with Crippen LogP contribution in [0.3, 0.4) is 0 Å². The van der Waals surface area contributed by atoms with Crippen molar-refractivity contribution in [3.05, 3.63) is 166 Å². The molecule has 2 heteroatoms. The third kappa shape index (κ3) is 7.09. The molecular formula is C51H56N2. The number of allylic oxidation sites excluding steroid dienone is 9. The summed E-state index contributed by atoms with van der Waals surface area (Å²) in [5.74, 6) is 0.828. The van der Waals surface area contributed by atoms with E-state index in [-0.39, 0.29) is 11.5 Å². The lowest BCUT2D eigenvalue weighted by Gasteiger charge is -2.32. The van der Waals surface area contributed by atoms with Crippen molar-refractivity contribution >= 4 is 39.0 Å². The first-order chi connectivity index (χ1) is 25.6. The fourth-order valence-corrected chi connectivity index (χ4v) is 8.87. The van der Waals surface area contributed by atoms with Crippen LogP contribution in [0.15, 0.2) is 143 Å². The van der Waals surface area contributed by atoms with Gasteiger partial charge in [-0.3, -0.25) is 4.99 Å². The van der Waals surface area contributed by atoms with Crippen LogP contribution in [0.4, 0.5) is 5.69 Å². The molecular weight excluding hydrogens is 641 g/mol. The SMILES string of the molecule is C/C=C\N=C/CC(/C=C\Cc1cc(C2=CC3C4=C(CC=CCC4C)N(c4ccccc4)C3C=C2)c2ccc3cc(C(C)(C)C)cc(C)c3c2c1C)=C/C. The molecule has 1 heterocycles. The number of aryl methyl sites for hydroxylation is 2. The van der Waals surface area contributed by atoms with Gasteiger partial charge in [0.15, 0.2) is 0 Å². The summed E-state index contributed by atoms with van der Waals surface area (Å²) in [5, 5.41) is 5.46. The van der Waals surface area contributed by atoms with Gasteiger partial charge < -0.3 is 4.90 Å². The summed E-state index contributed by atoms with van der Waals surface area (Å²) < 4.78 is 0. The molecule has 0 aromatic heterocycles. The van der Waals surface area contributed by atoms with Gasteiger partial charge >= 0.3 is 0 Å². The normalized spacial score (nSPS) is 20.8. The van der Waals surface area contributed by atoms with Crippen molar-refractivity contribution in [2.45, 2.75) is 92.5 Å². The Morgan fingerprint density at radius 2 is 1.77 bits per heavy atom. The Balaban J connectivity index is 1.38. The van der Waals surface area contributed by atoms with Crippen molar-refractivity contribution in [1.29, 1.82) is 0 Å². The van der Waals surface area contributed by atoms with Crippen molar-refractivity contribution < 1.29 is 0 Å². The second-order valence-electron chi connectivity index (χ2n) is 16.2. The van der Waals surface area contributed by atoms with E-state index in [1.54, 1.807) is 5.57 Å². The summed E-state index contributed by atoms with van der Waals surface area (Å²) in [6.45, 7) is 18.2. The van der Waals surface area contributed by atoms with E-state index in [2.05, 4.69) is 168 Å². The minimum Gasteiger partial charge on any atom is -0.337 e. The second-order valence-corrected chi connectivity index (χ2v) is 16.2. The van der Waals surface area contributed by atoms with Crippen LogP contribution in [0.25, 0.3) is 27.1 Å². The summed E-state index contributed by atoms with van der Waals surface area (Å²) in [6, 6.07) is 23.5. The van der Waals surface area contributed by atoms with E-state index in [0.29, 0.717) is 11.8 Å². The average molecular weight is 697 g/mol. The van der Waals surface area contributed by atoms with Crippen molar-refractivity contribution in [2.75, 3.05) is 4.90 Å². The van der Waals surface area contributed by atoms with Gasteiger partial charge in [0.1, 0.15) is 0 Å². The molecule has 0 bridgehead atoms. The zero-order chi connectivity index (χ0) is 37.3. The highest BCUT2D eigenvalue weighted by molar-refractivity contribution is 6.14. The lowest BCUT2D eigenvalue weighted by atomic mass is 9.78. The lowest BCUT2D eigenvalue weighted by molar-refractivity contribution is 0.584. The largest absolute Gasteiger partial charge is 0.337 e. The van der Waals surface area contributed by atoms with Crippen LogP contribution in [-0.2, 0) is 11.8 Å². The van der Waals surface area contributed by atoms with Crippen LogP contribution in [0.1, 0.15) is 88.6 Å². The number of fused-ring (bicyclic) bond motifs is 5. The fraction of sp³-hybridized carbons (Fsp3) is 0.314. The third-order valence-corrected chi connectivity index (χ3v) is 11.7. The van der Waals surface area contributed by atoms with Crippen LogP contribution in [-0.4, -0.2) is 12.3 Å². The summed E-state index contributed by atoms with van der Waals surface area (Å²) in [7, 11) is 0. The van der Waals surface area contributed by atoms with E-state index in [1.807, 2.05) is 25.4 Å². The van der Waals surface area contributed by atoms with E-state index < -0.39 is 0 Å². The number of rotatable bonds is 8. The molecule has 0 N–H and O–H groups in total. The first-order valence-electron chi connectivity index (χ1n) is 19.7. The Bertz CT molecular complexity index is 2280. The topological polar surface area (TPSA) is 15.6 Å². The molecule has 0 radical (unpaired) electrons. The summed E-state index contributed by atoms with van der Waals surface area (Å²) >= 11 is 0. The maximum atomic E-state index is 4.39. The molecule has 2 aliphatic carbocycles. The van der Waals surface area contributed by atoms with Crippen molar-refractivity contribution in [3.8, 4) is 0 Å². The average Bonchev–Trinajstić information content (AvgIpc) is 3.35. The number of para-hydroxylation sites is 1. The van der Waals surface area contributed by atoms with Crippen LogP contribution in [0.2, 0.25) is 0 Å². The quantitative estimate of drug-likeness (QED) is 0.0775. The van der Waals surface area contributed by atoms with Crippen molar-refractivity contribution in [2.24, 2.45) is 16.8 Å². The smallest absolute Gasteiger partial charge is 0.0623 e. The van der Waals surface area contributed by atoms with Gasteiger partial charge in [0.25, 0.3) is 0 Å². The Kier molecular flexibility index (Phi) is 10.4. The molecule has 0 saturated heterocycles. The van der Waals surface area contributed by atoms with E-state index in [9.17, 15) is 0 Å². The Labute approximate surface area is 318 Å². The van der Waals surface area contributed by atoms with Gasteiger partial charge in [0.2, 0.25) is 0 Å². The molecule has 7 rings (SSSR count). The van der Waals surface area contributed by atoms with Gasteiger partial charge in [-0.15, -0.1) is 0 Å². The van der Waals surface area contributed by atoms with E-state index in [1.165, 1.54) is 71.9 Å². The van der Waals surface area contributed by atoms with E-state index >= 15 is 0 Å². The Morgan fingerprint density at radius 3 is 2.53 bits per heavy atom. The molecule has 4 aromatic carbocycles. The van der Waals surface area contributed by atoms with Gasteiger partial charge in [-0.2, -0.15) is 0 Å². The Hall–Kier alpha value is -4.95. The lowest BCUT2D eigenvalue weighted by Crippen LogP contribution is -2.33. The summed E-state index contributed by atoms with van der Waals surface area (Å²) in [4.78, 5) is 7.02. The molecule has 3 unspecified atom stereocenters. The van der Waals surface area contributed by atoms with Crippen molar-refractivity contribution in [3.63, 3.8) is 0 Å². The molecule has 3 atom stereocenters. The van der Waals surface area contributed by atoms with Crippen LogP contribution >= 0.6 is 0 Å². The molecule has 0 amide bonds.